The number of para-hydroxylation sites is 1. The standard InChI is InChI=1S/C16H18NOS3.ClH/c1-9(2)14(18)19-15-12-10-7-5-6-8-11(10)17-16(3,4)13(12)20-21-15;/h5-9,17H,1-4H3;1H/q+1;/p-1. The van der Waals surface area contributed by atoms with Gasteiger partial charge in [-0.1, -0.05) is 32.0 Å². The minimum atomic E-state index is -0.0927. The van der Waals surface area contributed by atoms with Gasteiger partial charge in [-0.2, -0.15) is 0 Å². The van der Waals surface area contributed by atoms with Crippen LogP contribution in [0.2, 0.25) is 0 Å². The zero-order chi connectivity index (χ0) is 15.2. The lowest BCUT2D eigenvalue weighted by atomic mass is 9.90. The van der Waals surface area contributed by atoms with Crippen molar-refractivity contribution < 1.29 is 17.2 Å². The molecule has 2 heterocycles. The summed E-state index contributed by atoms with van der Waals surface area (Å²) in [7, 11) is 3.50. The summed E-state index contributed by atoms with van der Waals surface area (Å²) < 4.78 is 1.13. The van der Waals surface area contributed by atoms with Crippen LogP contribution < -0.4 is 17.7 Å². The van der Waals surface area contributed by atoms with E-state index in [1.807, 2.05) is 13.8 Å². The number of anilines is 1. The first-order valence-electron chi connectivity index (χ1n) is 6.96. The van der Waals surface area contributed by atoms with E-state index in [-0.39, 0.29) is 29.0 Å². The van der Waals surface area contributed by atoms with Crippen LogP contribution in [0.3, 0.4) is 0 Å². The van der Waals surface area contributed by atoms with Crippen molar-refractivity contribution in [3.8, 4) is 11.1 Å². The number of thioether (sulfide) groups is 1. The Kier molecular flexibility index (Phi) is 5.22. The number of nitrogens with one attached hydrogen (secondary N) is 1. The molecule has 0 fully saturated rings. The number of carbonyl (C=O) groups excluding carboxylic acids is 1. The minimum absolute atomic E-state index is 0. The lowest BCUT2D eigenvalue weighted by molar-refractivity contribution is -0.113. The Morgan fingerprint density at radius 2 is 2.00 bits per heavy atom. The highest BCUT2D eigenvalue weighted by molar-refractivity contribution is 8.16. The third-order valence-corrected chi connectivity index (χ3v) is 7.96. The van der Waals surface area contributed by atoms with Crippen LogP contribution in [-0.4, -0.2) is 5.12 Å². The Morgan fingerprint density at radius 1 is 1.32 bits per heavy atom. The Labute approximate surface area is 149 Å². The number of carbonyl (C=O) groups is 1. The van der Waals surface area contributed by atoms with E-state index in [2.05, 4.69) is 43.4 Å². The lowest BCUT2D eigenvalue weighted by Crippen LogP contribution is -3.00. The molecule has 0 saturated heterocycles. The molecule has 0 spiro atoms. The molecule has 0 aliphatic carbocycles. The molecular formula is C16H18ClNOS3. The van der Waals surface area contributed by atoms with Crippen LogP contribution in [0.4, 0.5) is 5.69 Å². The van der Waals surface area contributed by atoms with Crippen LogP contribution in [0.25, 0.3) is 11.1 Å². The maximum atomic E-state index is 12.1. The first-order chi connectivity index (χ1) is 9.90. The van der Waals surface area contributed by atoms with Gasteiger partial charge < -0.3 is 17.7 Å². The van der Waals surface area contributed by atoms with Gasteiger partial charge in [-0.15, -0.1) is 0 Å². The molecule has 3 rings (SSSR count). The SMILES string of the molecule is CC(C)C(=O)Sc1[s+]sc2c1-c1ccccc1NC2(C)C.[Cl-]. The first kappa shape index (κ1) is 17.7. The smallest absolute Gasteiger partial charge is 0.309 e. The normalized spacial score (nSPS) is 14.6. The quantitative estimate of drug-likeness (QED) is 0.500. The molecule has 1 N–H and O–H groups in total. The van der Waals surface area contributed by atoms with Gasteiger partial charge >= 0.3 is 10.3 Å². The number of fused-ring (bicyclic) bond motifs is 3. The van der Waals surface area contributed by atoms with E-state index >= 15 is 0 Å². The zero-order valence-corrected chi connectivity index (χ0v) is 16.1. The summed E-state index contributed by atoms with van der Waals surface area (Å²) >= 11 is 1.40. The number of benzene rings is 1. The predicted octanol–water partition coefficient (Wildman–Crippen LogP) is 2.70. The van der Waals surface area contributed by atoms with Crippen molar-refractivity contribution in [1.82, 2.24) is 0 Å². The van der Waals surface area contributed by atoms with Crippen LogP contribution in [0, 0.1) is 5.92 Å². The van der Waals surface area contributed by atoms with Gasteiger partial charge in [0.1, 0.15) is 4.88 Å². The van der Waals surface area contributed by atoms with E-state index in [4.69, 9.17) is 0 Å². The van der Waals surface area contributed by atoms with Crippen LogP contribution in [-0.2, 0) is 10.3 Å². The van der Waals surface area contributed by atoms with E-state index in [1.54, 1.807) is 20.7 Å². The van der Waals surface area contributed by atoms with E-state index in [0.29, 0.717) is 0 Å². The maximum Gasteiger partial charge on any atom is 0.309 e. The third kappa shape index (κ3) is 3.04. The summed E-state index contributed by atoms with van der Waals surface area (Å²) in [5.74, 6) is 0.0581. The van der Waals surface area contributed by atoms with E-state index in [0.717, 1.165) is 9.90 Å². The summed E-state index contributed by atoms with van der Waals surface area (Å²) in [5, 5.41) is 3.84. The Bertz CT molecular complexity index is 709. The van der Waals surface area contributed by atoms with Crippen molar-refractivity contribution in [3.63, 3.8) is 0 Å². The average molecular weight is 372 g/mol. The van der Waals surface area contributed by atoms with Crippen molar-refractivity contribution in [1.29, 1.82) is 0 Å². The van der Waals surface area contributed by atoms with E-state index in [9.17, 15) is 4.79 Å². The van der Waals surface area contributed by atoms with Crippen LogP contribution in [0.5, 0.6) is 0 Å². The van der Waals surface area contributed by atoms with Gasteiger partial charge in [0.25, 0.3) is 4.21 Å². The second kappa shape index (κ2) is 6.48. The molecule has 1 aromatic heterocycles. The Morgan fingerprint density at radius 3 is 2.68 bits per heavy atom. The maximum absolute atomic E-state index is 12.1. The second-order valence-corrected chi connectivity index (χ2v) is 9.45. The monoisotopic (exact) mass is 371 g/mol. The fourth-order valence-corrected chi connectivity index (χ4v) is 6.85. The van der Waals surface area contributed by atoms with Gasteiger partial charge in [0.2, 0.25) is 5.12 Å². The number of rotatable bonds is 2. The van der Waals surface area contributed by atoms with Crippen molar-refractivity contribution in [2.24, 2.45) is 5.92 Å². The van der Waals surface area contributed by atoms with Gasteiger partial charge in [0, 0.05) is 28.9 Å². The molecule has 22 heavy (non-hydrogen) atoms. The van der Waals surface area contributed by atoms with Gasteiger partial charge in [-0.3, -0.25) is 4.79 Å². The highest BCUT2D eigenvalue weighted by Crippen LogP contribution is 2.53. The third-order valence-electron chi connectivity index (χ3n) is 3.51. The molecule has 0 atom stereocenters. The van der Waals surface area contributed by atoms with Gasteiger partial charge in [0.05, 0.1) is 11.1 Å². The van der Waals surface area contributed by atoms with Gasteiger partial charge in [-0.05, 0) is 19.9 Å². The number of halogens is 1. The Hall–Kier alpha value is -0.620. The topological polar surface area (TPSA) is 29.1 Å². The largest absolute Gasteiger partial charge is 1.00 e. The fourth-order valence-electron chi connectivity index (χ4n) is 2.39. The molecule has 0 bridgehead atoms. The summed E-state index contributed by atoms with van der Waals surface area (Å²) in [4.78, 5) is 13.5. The van der Waals surface area contributed by atoms with Crippen molar-refractivity contribution >= 4 is 43.2 Å². The molecule has 0 saturated carbocycles. The molecule has 2 nitrogen and oxygen atoms in total. The molecule has 2 aromatic rings. The lowest BCUT2D eigenvalue weighted by Gasteiger charge is -2.31. The highest BCUT2D eigenvalue weighted by Gasteiger charge is 2.40. The fraction of sp³-hybridized carbons (Fsp3) is 0.375. The zero-order valence-electron chi connectivity index (χ0n) is 12.9. The molecule has 1 aromatic carbocycles. The minimum Gasteiger partial charge on any atom is -1.00 e. The van der Waals surface area contributed by atoms with Crippen LogP contribution >= 0.6 is 32.4 Å². The second-order valence-electron chi connectivity index (χ2n) is 6.03. The Balaban J connectivity index is 0.00000176. The summed E-state index contributed by atoms with van der Waals surface area (Å²) in [6.07, 6.45) is 0. The molecule has 1 aliphatic heterocycles. The van der Waals surface area contributed by atoms with Gasteiger partial charge in [0.15, 0.2) is 10.3 Å². The van der Waals surface area contributed by atoms with Gasteiger partial charge in [-0.25, -0.2) is 0 Å². The average Bonchev–Trinajstić information content (AvgIpc) is 2.83. The van der Waals surface area contributed by atoms with Crippen molar-refractivity contribution in [2.75, 3.05) is 5.32 Å². The molecule has 0 radical (unpaired) electrons. The van der Waals surface area contributed by atoms with E-state index < -0.39 is 0 Å². The molecule has 118 valence electrons. The molecule has 6 heteroatoms. The number of hydrogen-bond acceptors (Lipinski definition) is 4. The van der Waals surface area contributed by atoms with Crippen molar-refractivity contribution in [3.05, 3.63) is 29.1 Å². The molecule has 0 amide bonds. The highest BCUT2D eigenvalue weighted by atomic mass is 35.5. The van der Waals surface area contributed by atoms with Crippen LogP contribution in [0.1, 0.15) is 32.6 Å². The summed E-state index contributed by atoms with van der Waals surface area (Å²) in [6, 6.07) is 8.36. The summed E-state index contributed by atoms with van der Waals surface area (Å²) in [6.45, 7) is 8.31. The first-order valence-corrected chi connectivity index (χ1v) is 9.92. The van der Waals surface area contributed by atoms with Crippen LogP contribution in [0.15, 0.2) is 28.5 Å². The molecule has 1 aliphatic rings. The predicted molar refractivity (Wildman–Crippen MR) is 94.4 cm³/mol. The van der Waals surface area contributed by atoms with E-state index in [1.165, 1.54) is 27.8 Å². The number of hydrogen-bond donors (Lipinski definition) is 1. The molecule has 0 unspecified atom stereocenters. The van der Waals surface area contributed by atoms with Crippen molar-refractivity contribution in [2.45, 2.75) is 37.4 Å². The molecular weight excluding hydrogens is 354 g/mol. The summed E-state index contributed by atoms with van der Waals surface area (Å²) in [5.41, 5.74) is 3.52.